The summed E-state index contributed by atoms with van der Waals surface area (Å²) < 4.78 is 5.30. The van der Waals surface area contributed by atoms with E-state index >= 15 is 0 Å². The number of anilines is 1. The summed E-state index contributed by atoms with van der Waals surface area (Å²) in [6.45, 7) is 8.40. The summed E-state index contributed by atoms with van der Waals surface area (Å²) in [7, 11) is 0. The van der Waals surface area contributed by atoms with Gasteiger partial charge in [-0.05, 0) is 63.2 Å². The molecule has 24 heavy (non-hydrogen) atoms. The second-order valence-electron chi connectivity index (χ2n) is 6.05. The molecule has 0 amide bonds. The van der Waals surface area contributed by atoms with Gasteiger partial charge in [0.05, 0.1) is 12.2 Å². The van der Waals surface area contributed by atoms with Crippen molar-refractivity contribution in [1.29, 1.82) is 0 Å². The Labute approximate surface area is 154 Å². The summed E-state index contributed by atoms with van der Waals surface area (Å²) in [4.78, 5) is 16.0. The zero-order chi connectivity index (χ0) is 17.5. The topological polar surface area (TPSA) is 41.6 Å². The van der Waals surface area contributed by atoms with Crippen LogP contribution < -0.4 is 5.32 Å². The number of esters is 1. The Morgan fingerprint density at radius 3 is 2.50 bits per heavy atom. The van der Waals surface area contributed by atoms with E-state index in [0.29, 0.717) is 17.3 Å². The van der Waals surface area contributed by atoms with Gasteiger partial charge in [0, 0.05) is 18.0 Å². The Morgan fingerprint density at radius 2 is 1.88 bits per heavy atom. The molecule has 1 aromatic heterocycles. The maximum atomic E-state index is 12.5. The maximum Gasteiger partial charge on any atom is 0.341 e. The highest BCUT2D eigenvalue weighted by molar-refractivity contribution is 7.80. The molecule has 0 saturated carbocycles. The molecule has 0 radical (unpaired) electrons. The van der Waals surface area contributed by atoms with Crippen molar-refractivity contribution >= 4 is 39.6 Å². The van der Waals surface area contributed by atoms with E-state index in [-0.39, 0.29) is 5.97 Å². The van der Waals surface area contributed by atoms with E-state index in [4.69, 9.17) is 17.0 Å². The Bertz CT molecular complexity index is 578. The minimum absolute atomic E-state index is 0.222. The quantitative estimate of drug-likeness (QED) is 0.562. The van der Waals surface area contributed by atoms with Gasteiger partial charge in [0.15, 0.2) is 5.11 Å². The van der Waals surface area contributed by atoms with Crippen LogP contribution in [0.4, 0.5) is 5.00 Å². The first kappa shape index (κ1) is 19.2. The molecule has 1 heterocycles. The third-order valence-corrected chi connectivity index (χ3v) is 5.71. The molecule has 1 aromatic rings. The molecule has 2 rings (SSSR count). The number of carbonyl (C=O) groups is 1. The fraction of sp³-hybridized carbons (Fsp3) is 0.667. The van der Waals surface area contributed by atoms with Crippen molar-refractivity contribution in [3.63, 3.8) is 0 Å². The van der Waals surface area contributed by atoms with Gasteiger partial charge in [-0.2, -0.15) is 0 Å². The van der Waals surface area contributed by atoms with Crippen LogP contribution in [0.25, 0.3) is 0 Å². The third-order valence-electron chi connectivity index (χ3n) is 4.15. The molecule has 4 nitrogen and oxygen atoms in total. The monoisotopic (exact) mass is 368 g/mol. The van der Waals surface area contributed by atoms with Crippen LogP contribution in [-0.4, -0.2) is 35.7 Å². The highest BCUT2D eigenvalue weighted by Gasteiger charge is 2.27. The number of fused-ring (bicyclic) bond motifs is 1. The molecule has 1 aliphatic carbocycles. The van der Waals surface area contributed by atoms with Gasteiger partial charge in [-0.1, -0.05) is 13.8 Å². The molecular formula is C18H28N2O2S2. The van der Waals surface area contributed by atoms with Crippen LogP contribution in [0.15, 0.2) is 0 Å². The van der Waals surface area contributed by atoms with E-state index in [1.165, 1.54) is 16.9 Å². The number of hydrogen-bond donors (Lipinski definition) is 1. The van der Waals surface area contributed by atoms with Crippen LogP contribution in [0.1, 0.15) is 67.3 Å². The van der Waals surface area contributed by atoms with E-state index < -0.39 is 0 Å². The SMILES string of the molecule is CCCN(CCC)C(=S)Nc1sc2c(c1C(=O)OCC)CCCC2. The Hall–Kier alpha value is -1.14. The lowest BCUT2D eigenvalue weighted by molar-refractivity contribution is 0.0526. The van der Waals surface area contributed by atoms with Gasteiger partial charge in [0.25, 0.3) is 0 Å². The largest absolute Gasteiger partial charge is 0.462 e. The molecule has 1 N–H and O–H groups in total. The first-order valence-corrected chi connectivity index (χ1v) is 10.2. The van der Waals surface area contributed by atoms with Crippen molar-refractivity contribution in [1.82, 2.24) is 4.90 Å². The summed E-state index contributed by atoms with van der Waals surface area (Å²) in [6.07, 6.45) is 6.44. The number of aryl methyl sites for hydroxylation is 1. The molecular weight excluding hydrogens is 340 g/mol. The molecule has 1 aliphatic rings. The number of carbonyl (C=O) groups excluding carboxylic acids is 1. The number of nitrogens with one attached hydrogen (secondary N) is 1. The first-order valence-electron chi connectivity index (χ1n) is 8.99. The zero-order valence-corrected chi connectivity index (χ0v) is 16.6. The number of thiocarbonyl (C=S) groups is 1. The van der Waals surface area contributed by atoms with Crippen LogP contribution in [0.5, 0.6) is 0 Å². The second-order valence-corrected chi connectivity index (χ2v) is 7.54. The molecule has 0 unspecified atom stereocenters. The van der Waals surface area contributed by atoms with Crippen LogP contribution in [0, 0.1) is 0 Å². The normalized spacial score (nSPS) is 13.3. The molecule has 0 aromatic carbocycles. The standard InChI is InChI=1S/C18H28N2O2S2/c1-4-11-20(12-5-2)18(23)19-16-15(17(21)22-6-3)13-9-7-8-10-14(13)24-16/h4-12H2,1-3H3,(H,19,23). The van der Waals surface area contributed by atoms with Gasteiger partial charge >= 0.3 is 5.97 Å². The van der Waals surface area contributed by atoms with Crippen molar-refractivity contribution in [2.45, 2.75) is 59.3 Å². The van der Waals surface area contributed by atoms with E-state index in [0.717, 1.165) is 50.2 Å². The third kappa shape index (κ3) is 4.48. The highest BCUT2D eigenvalue weighted by atomic mass is 32.1. The minimum Gasteiger partial charge on any atom is -0.462 e. The number of ether oxygens (including phenoxy) is 1. The van der Waals surface area contributed by atoms with Gasteiger partial charge in [-0.15, -0.1) is 11.3 Å². The molecule has 6 heteroatoms. The fourth-order valence-electron chi connectivity index (χ4n) is 3.10. The van der Waals surface area contributed by atoms with Crippen molar-refractivity contribution < 1.29 is 9.53 Å². The second kappa shape index (κ2) is 9.37. The van der Waals surface area contributed by atoms with Gasteiger partial charge < -0.3 is 15.0 Å². The molecule has 134 valence electrons. The lowest BCUT2D eigenvalue weighted by atomic mass is 9.95. The van der Waals surface area contributed by atoms with Crippen molar-refractivity contribution in [3.05, 3.63) is 16.0 Å². The minimum atomic E-state index is -0.222. The Balaban J connectivity index is 2.26. The van der Waals surface area contributed by atoms with E-state index in [1.54, 1.807) is 11.3 Å². The average Bonchev–Trinajstić information content (AvgIpc) is 2.92. The Kier molecular flexibility index (Phi) is 7.49. The summed E-state index contributed by atoms with van der Waals surface area (Å²) in [5.41, 5.74) is 1.89. The van der Waals surface area contributed by atoms with E-state index in [2.05, 4.69) is 24.1 Å². The fourth-order valence-corrected chi connectivity index (χ4v) is 4.73. The van der Waals surface area contributed by atoms with Crippen molar-refractivity contribution in [3.8, 4) is 0 Å². The lowest BCUT2D eigenvalue weighted by Gasteiger charge is -2.24. The smallest absolute Gasteiger partial charge is 0.341 e. The van der Waals surface area contributed by atoms with Gasteiger partial charge in [0.1, 0.15) is 5.00 Å². The molecule has 0 atom stereocenters. The maximum absolute atomic E-state index is 12.5. The van der Waals surface area contributed by atoms with Crippen LogP contribution in [-0.2, 0) is 17.6 Å². The van der Waals surface area contributed by atoms with Gasteiger partial charge in [0.2, 0.25) is 0 Å². The van der Waals surface area contributed by atoms with Crippen LogP contribution >= 0.6 is 23.6 Å². The predicted octanol–water partition coefficient (Wildman–Crippen LogP) is 4.62. The van der Waals surface area contributed by atoms with Gasteiger partial charge in [-0.3, -0.25) is 0 Å². The zero-order valence-electron chi connectivity index (χ0n) is 14.9. The van der Waals surface area contributed by atoms with Crippen molar-refractivity contribution in [2.24, 2.45) is 0 Å². The average molecular weight is 369 g/mol. The molecule has 0 bridgehead atoms. The number of thiophene rings is 1. The molecule has 0 aliphatic heterocycles. The highest BCUT2D eigenvalue weighted by Crippen LogP contribution is 2.38. The number of rotatable bonds is 7. The van der Waals surface area contributed by atoms with Crippen LogP contribution in [0.2, 0.25) is 0 Å². The van der Waals surface area contributed by atoms with E-state index in [1.807, 2.05) is 6.92 Å². The summed E-state index contributed by atoms with van der Waals surface area (Å²) >= 11 is 7.28. The molecule has 0 saturated heterocycles. The first-order chi connectivity index (χ1) is 11.6. The summed E-state index contributed by atoms with van der Waals surface area (Å²) in [5.74, 6) is -0.222. The summed E-state index contributed by atoms with van der Waals surface area (Å²) in [6, 6.07) is 0. The predicted molar refractivity (Wildman–Crippen MR) is 105 cm³/mol. The van der Waals surface area contributed by atoms with Gasteiger partial charge in [-0.25, -0.2) is 4.79 Å². The summed E-state index contributed by atoms with van der Waals surface area (Å²) in [5, 5.41) is 4.93. The van der Waals surface area contributed by atoms with Crippen molar-refractivity contribution in [2.75, 3.05) is 25.0 Å². The Morgan fingerprint density at radius 1 is 1.21 bits per heavy atom. The molecule has 0 spiro atoms. The number of nitrogens with zero attached hydrogens (tertiary/aromatic N) is 1. The van der Waals surface area contributed by atoms with Crippen LogP contribution in [0.3, 0.4) is 0 Å². The lowest BCUT2D eigenvalue weighted by Crippen LogP contribution is -2.36. The van der Waals surface area contributed by atoms with E-state index in [9.17, 15) is 4.79 Å². The molecule has 0 fully saturated rings. The number of hydrogen-bond acceptors (Lipinski definition) is 4.